The Bertz CT molecular complexity index is 1820. The van der Waals surface area contributed by atoms with Crippen LogP contribution in [0.15, 0.2) is 87.8 Å². The predicted octanol–water partition coefficient (Wildman–Crippen LogP) is 7.61. The van der Waals surface area contributed by atoms with E-state index >= 15 is 0 Å². The molecule has 0 fully saturated rings. The average molecular weight is 648 g/mol. The quantitative estimate of drug-likeness (QED) is 0.0820. The van der Waals surface area contributed by atoms with E-state index in [1.165, 1.54) is 19.2 Å². The van der Waals surface area contributed by atoms with Crippen molar-refractivity contribution in [1.29, 1.82) is 0 Å². The summed E-state index contributed by atoms with van der Waals surface area (Å²) in [5.41, 5.74) is 2.78. The van der Waals surface area contributed by atoms with Crippen LogP contribution in [-0.4, -0.2) is 41.1 Å². The fraction of sp³-hybridized carbons (Fsp3) is 0.242. The van der Waals surface area contributed by atoms with Crippen LogP contribution in [-0.2, 0) is 31.6 Å². The molecule has 0 radical (unpaired) electrons. The van der Waals surface area contributed by atoms with Crippen LogP contribution < -0.4 is 9.47 Å². The van der Waals surface area contributed by atoms with Crippen molar-refractivity contribution in [2.75, 3.05) is 20.3 Å². The molecule has 13 heteroatoms. The van der Waals surface area contributed by atoms with Crippen LogP contribution in [0.4, 0.5) is 0 Å². The molecule has 46 heavy (non-hydrogen) atoms. The van der Waals surface area contributed by atoms with E-state index in [-0.39, 0.29) is 37.9 Å². The number of carbonyl (C=O) groups is 1. The highest BCUT2D eigenvalue weighted by molar-refractivity contribution is 7.57. The van der Waals surface area contributed by atoms with Gasteiger partial charge in [-0.25, -0.2) is 14.5 Å². The summed E-state index contributed by atoms with van der Waals surface area (Å²) in [6.07, 6.45) is 4.89. The summed E-state index contributed by atoms with van der Waals surface area (Å²) in [6, 6.07) is 18.1. The van der Waals surface area contributed by atoms with Gasteiger partial charge in [0.2, 0.25) is 5.88 Å². The lowest BCUT2D eigenvalue weighted by atomic mass is 10.1. The number of rotatable bonds is 15. The van der Waals surface area contributed by atoms with E-state index in [2.05, 4.69) is 10.1 Å². The third kappa shape index (κ3) is 7.84. The van der Waals surface area contributed by atoms with Crippen LogP contribution in [0, 0.1) is 6.92 Å². The monoisotopic (exact) mass is 647 g/mol. The van der Waals surface area contributed by atoms with E-state index < -0.39 is 13.6 Å². The summed E-state index contributed by atoms with van der Waals surface area (Å²) in [4.78, 5) is 17.2. The minimum atomic E-state index is -3.47. The van der Waals surface area contributed by atoms with E-state index in [1.54, 1.807) is 68.1 Å². The van der Waals surface area contributed by atoms with Gasteiger partial charge in [-0.2, -0.15) is 0 Å². The zero-order valence-electron chi connectivity index (χ0n) is 25.9. The number of para-hydroxylation sites is 1. The lowest BCUT2D eigenvalue weighted by Gasteiger charge is -2.13. The smallest absolute Gasteiger partial charge is 0.354 e. The maximum atomic E-state index is 13.1. The summed E-state index contributed by atoms with van der Waals surface area (Å²) in [6.45, 7) is 5.81. The molecule has 5 rings (SSSR count). The fourth-order valence-corrected chi connectivity index (χ4v) is 5.70. The van der Waals surface area contributed by atoms with Gasteiger partial charge < -0.3 is 32.1 Å². The lowest BCUT2D eigenvalue weighted by molar-refractivity contribution is 0.0595. The molecule has 12 nitrogen and oxygen atoms in total. The van der Waals surface area contributed by atoms with Gasteiger partial charge in [-0.3, -0.25) is 4.57 Å². The zero-order chi connectivity index (χ0) is 32.5. The predicted molar refractivity (Wildman–Crippen MR) is 169 cm³/mol. The van der Waals surface area contributed by atoms with Crippen molar-refractivity contribution in [2.24, 2.45) is 0 Å². The normalized spacial score (nSPS) is 11.7. The van der Waals surface area contributed by atoms with Gasteiger partial charge in [-0.1, -0.05) is 24.3 Å². The Morgan fingerprint density at radius 2 is 1.78 bits per heavy atom. The second-order valence-electron chi connectivity index (χ2n) is 9.76. The number of hydrogen-bond acceptors (Lipinski definition) is 11. The van der Waals surface area contributed by atoms with E-state index in [9.17, 15) is 9.36 Å². The van der Waals surface area contributed by atoms with Crippen molar-refractivity contribution in [3.8, 4) is 29.0 Å². The Kier molecular flexibility index (Phi) is 10.5. The summed E-state index contributed by atoms with van der Waals surface area (Å²) in [5, 5.41) is 4.60. The Hall–Kier alpha value is -4.90. The van der Waals surface area contributed by atoms with Crippen LogP contribution in [0.1, 0.15) is 46.8 Å². The third-order valence-electron chi connectivity index (χ3n) is 6.60. The number of oxazole rings is 1. The van der Waals surface area contributed by atoms with E-state index in [0.717, 1.165) is 5.69 Å². The van der Waals surface area contributed by atoms with Crippen molar-refractivity contribution in [3.63, 3.8) is 0 Å². The van der Waals surface area contributed by atoms with Crippen molar-refractivity contribution in [3.05, 3.63) is 107 Å². The maximum Gasteiger partial charge on any atom is 0.354 e. The van der Waals surface area contributed by atoms with Crippen LogP contribution in [0.25, 0.3) is 23.4 Å². The summed E-state index contributed by atoms with van der Waals surface area (Å²) < 4.78 is 53.7. The highest BCUT2D eigenvalue weighted by atomic mass is 31.2. The van der Waals surface area contributed by atoms with Gasteiger partial charge in [-0.15, -0.1) is 5.10 Å². The first kappa shape index (κ1) is 32.5. The molecule has 0 atom stereocenters. The number of furan rings is 1. The fourth-order valence-electron chi connectivity index (χ4n) is 4.39. The number of nitrogens with zero attached hydrogens (tertiary/aromatic N) is 3. The largest absolute Gasteiger partial charge is 0.486 e. The second kappa shape index (κ2) is 14.9. The number of benzene rings is 2. The Morgan fingerprint density at radius 1 is 1.00 bits per heavy atom. The summed E-state index contributed by atoms with van der Waals surface area (Å²) >= 11 is 0. The highest BCUT2D eigenvalue weighted by Crippen LogP contribution is 2.50. The molecule has 0 N–H and O–H groups in total. The number of aromatic nitrogens is 3. The van der Waals surface area contributed by atoms with E-state index in [1.807, 2.05) is 30.3 Å². The topological polar surface area (TPSA) is 137 Å². The molecule has 240 valence electrons. The van der Waals surface area contributed by atoms with Crippen molar-refractivity contribution < 1.29 is 41.5 Å². The Morgan fingerprint density at radius 3 is 2.48 bits per heavy atom. The molecule has 0 unspecified atom stereocenters. The maximum absolute atomic E-state index is 13.1. The molecule has 0 aliphatic carbocycles. The number of hydrogen-bond donors (Lipinski definition) is 0. The van der Waals surface area contributed by atoms with Gasteiger partial charge in [0.25, 0.3) is 5.89 Å². The summed E-state index contributed by atoms with van der Waals surface area (Å²) in [5.74, 6) is 2.79. The molecular weight excluding hydrogens is 613 g/mol. The molecule has 0 saturated heterocycles. The molecule has 3 aromatic heterocycles. The Labute approximate surface area is 266 Å². The molecule has 0 saturated carbocycles. The van der Waals surface area contributed by atoms with E-state index in [4.69, 9.17) is 32.1 Å². The Balaban J connectivity index is 1.36. The number of ether oxygens (including phenoxy) is 3. The molecule has 0 aliphatic rings. The third-order valence-corrected chi connectivity index (χ3v) is 8.35. The molecule has 0 amide bonds. The van der Waals surface area contributed by atoms with Crippen LogP contribution >= 0.6 is 7.60 Å². The number of aryl methyl sites for hydroxylation is 1. The molecular formula is C33H34N3O9P. The summed E-state index contributed by atoms with van der Waals surface area (Å²) in [7, 11) is -2.17. The van der Waals surface area contributed by atoms with E-state index in [0.29, 0.717) is 40.0 Å². The number of methoxy groups -OCH3 is 1. The average Bonchev–Trinajstić information content (AvgIpc) is 3.83. The molecule has 0 aliphatic heterocycles. The first-order chi connectivity index (χ1) is 22.3. The minimum Gasteiger partial charge on any atom is -0.486 e. The molecule has 5 aromatic rings. The van der Waals surface area contributed by atoms with Gasteiger partial charge >= 0.3 is 13.6 Å². The molecule has 0 bridgehead atoms. The first-order valence-corrected chi connectivity index (χ1v) is 16.1. The van der Waals surface area contributed by atoms with Crippen LogP contribution in [0.3, 0.4) is 0 Å². The van der Waals surface area contributed by atoms with Crippen molar-refractivity contribution in [1.82, 2.24) is 14.8 Å². The van der Waals surface area contributed by atoms with Gasteiger partial charge in [0.1, 0.15) is 36.0 Å². The number of esters is 1. The van der Waals surface area contributed by atoms with Gasteiger partial charge in [0.05, 0.1) is 37.8 Å². The second-order valence-corrected chi connectivity index (χ2v) is 11.7. The highest BCUT2D eigenvalue weighted by Gasteiger charge is 2.21. The van der Waals surface area contributed by atoms with Gasteiger partial charge in [0.15, 0.2) is 5.76 Å². The number of carbonyl (C=O) groups excluding carboxylic acids is 1. The SMILES string of the molecule is CCOP(=O)(/C=C/c1cn(-c2ccccc2)nc1OCc1ccc(OCc2nc(-c3ccco3)oc2C)c(C(=O)OC)c1)OCC. The van der Waals surface area contributed by atoms with Crippen molar-refractivity contribution in [2.45, 2.75) is 34.0 Å². The molecule has 0 spiro atoms. The van der Waals surface area contributed by atoms with Gasteiger partial charge in [-0.05, 0) is 68.8 Å². The van der Waals surface area contributed by atoms with Gasteiger partial charge in [0, 0.05) is 12.0 Å². The van der Waals surface area contributed by atoms with Crippen LogP contribution in [0.2, 0.25) is 0 Å². The van der Waals surface area contributed by atoms with Crippen molar-refractivity contribution >= 4 is 19.6 Å². The molecule has 3 heterocycles. The van der Waals surface area contributed by atoms with Crippen LogP contribution in [0.5, 0.6) is 11.6 Å². The first-order valence-electron chi connectivity index (χ1n) is 14.5. The minimum absolute atomic E-state index is 0.0514. The molecule has 2 aromatic carbocycles. The lowest BCUT2D eigenvalue weighted by Crippen LogP contribution is -2.08. The zero-order valence-corrected chi connectivity index (χ0v) is 26.8. The standard InChI is InChI=1S/C33H34N3O9P/c1-5-43-46(38,44-6-2)18-16-25-20-36(26-11-8-7-9-12-26)35-31(25)42-21-24-14-15-29(27(19-24)33(37)39-4)41-22-28-23(3)45-32(34-28)30-13-10-17-40-30/h7-20H,5-6,21-22H2,1-4H3/b18-16+.